The fraction of sp³-hybridized carbons (Fsp3) is 0.591. The smallest absolute Gasteiger partial charge is 0.238 e. The number of benzene rings is 1. The summed E-state index contributed by atoms with van der Waals surface area (Å²) >= 11 is 0. The molecule has 1 heterocycles. The van der Waals surface area contributed by atoms with E-state index in [1.54, 1.807) is 0 Å². The molecule has 0 aromatic heterocycles. The molecule has 7 nitrogen and oxygen atoms in total. The van der Waals surface area contributed by atoms with Crippen LogP contribution in [0.5, 0.6) is 0 Å². The Morgan fingerprint density at radius 3 is 2.55 bits per heavy atom. The number of nitrogens with zero attached hydrogens (tertiary/aromatic N) is 2. The Bertz CT molecular complexity index is 921. The van der Waals surface area contributed by atoms with Gasteiger partial charge in [0.1, 0.15) is 18.2 Å². The fourth-order valence-corrected chi connectivity index (χ4v) is 5.14. The molecule has 0 spiro atoms. The molecule has 2 amide bonds. The van der Waals surface area contributed by atoms with Gasteiger partial charge in [-0.25, -0.2) is 13.7 Å². The number of anilines is 1. The number of imide groups is 1. The van der Waals surface area contributed by atoms with Crippen LogP contribution in [-0.4, -0.2) is 46.6 Å². The summed E-state index contributed by atoms with van der Waals surface area (Å²) in [7, 11) is 0. The SMILES string of the molecule is CC(C)CON=C1C[C@@H](O)[C@@H](O)[C@@H]2[C@@H]3C(=O)N(c4ccc(F)cc4F)C(=O)[C@@H]3CC[C@@H]12. The maximum Gasteiger partial charge on any atom is 0.238 e. The predicted molar refractivity (Wildman–Crippen MR) is 107 cm³/mol. The molecule has 1 aromatic carbocycles. The molecule has 0 radical (unpaired) electrons. The number of hydrogen-bond donors (Lipinski definition) is 2. The summed E-state index contributed by atoms with van der Waals surface area (Å²) in [6.07, 6.45) is -1.41. The van der Waals surface area contributed by atoms with Crippen molar-refractivity contribution in [1.82, 2.24) is 0 Å². The normalized spacial score (nSPS) is 34.3. The van der Waals surface area contributed by atoms with Gasteiger partial charge in [0.15, 0.2) is 0 Å². The topological polar surface area (TPSA) is 99.4 Å². The molecule has 31 heavy (non-hydrogen) atoms. The molecule has 0 unspecified atom stereocenters. The molecular weight excluding hydrogens is 410 g/mol. The first-order valence-electron chi connectivity index (χ1n) is 10.6. The van der Waals surface area contributed by atoms with Crippen LogP contribution < -0.4 is 4.90 Å². The van der Waals surface area contributed by atoms with Gasteiger partial charge in [-0.3, -0.25) is 9.59 Å². The van der Waals surface area contributed by atoms with E-state index in [4.69, 9.17) is 4.84 Å². The van der Waals surface area contributed by atoms with Gasteiger partial charge in [0.25, 0.3) is 0 Å². The summed E-state index contributed by atoms with van der Waals surface area (Å²) < 4.78 is 27.7. The van der Waals surface area contributed by atoms with Crippen molar-refractivity contribution < 1.29 is 33.4 Å². The highest BCUT2D eigenvalue weighted by atomic mass is 19.1. The number of fused-ring (bicyclic) bond motifs is 3. The minimum absolute atomic E-state index is 0.121. The number of amides is 2. The van der Waals surface area contributed by atoms with E-state index in [2.05, 4.69) is 5.16 Å². The Hall–Kier alpha value is -2.39. The van der Waals surface area contributed by atoms with Crippen LogP contribution in [0.1, 0.15) is 33.1 Å². The third kappa shape index (κ3) is 3.74. The molecule has 2 N–H and O–H groups in total. The van der Waals surface area contributed by atoms with Crippen LogP contribution in [0.25, 0.3) is 0 Å². The summed E-state index contributed by atoms with van der Waals surface area (Å²) in [4.78, 5) is 32.5. The van der Waals surface area contributed by atoms with Crippen molar-refractivity contribution in [3.05, 3.63) is 29.8 Å². The molecule has 9 heteroatoms. The Kier molecular flexibility index (Phi) is 5.83. The zero-order valence-corrected chi connectivity index (χ0v) is 17.4. The first-order valence-corrected chi connectivity index (χ1v) is 10.6. The standard InChI is InChI=1S/C22H26F2N2O5/c1-10(2)9-31-25-15-8-17(27)20(28)18-12(15)4-5-13-19(18)22(30)26(21(13)29)16-6-3-11(23)7-14(16)24/h3,6-7,10,12-13,17-20,27-28H,4-5,8-9H2,1-2H3/t12-,13+,17+,18-,19+,20+/m0/s1. The maximum atomic E-state index is 14.4. The van der Waals surface area contributed by atoms with Crippen molar-refractivity contribution in [2.75, 3.05) is 11.5 Å². The Morgan fingerprint density at radius 2 is 1.87 bits per heavy atom. The number of oxime groups is 1. The second kappa shape index (κ2) is 8.27. The van der Waals surface area contributed by atoms with Crippen molar-refractivity contribution in [1.29, 1.82) is 0 Å². The third-order valence-electron chi connectivity index (χ3n) is 6.52. The molecule has 2 saturated carbocycles. The molecule has 1 saturated heterocycles. The van der Waals surface area contributed by atoms with Crippen molar-refractivity contribution >= 4 is 23.2 Å². The Labute approximate surface area is 178 Å². The first kappa shape index (κ1) is 21.8. The van der Waals surface area contributed by atoms with Gasteiger partial charge < -0.3 is 15.1 Å². The van der Waals surface area contributed by atoms with Crippen molar-refractivity contribution in [2.24, 2.45) is 34.7 Å². The largest absolute Gasteiger partial charge is 0.396 e. The van der Waals surface area contributed by atoms with E-state index in [1.165, 1.54) is 0 Å². The second-order valence-corrected chi connectivity index (χ2v) is 9.04. The molecule has 3 fully saturated rings. The van der Waals surface area contributed by atoms with Crippen molar-refractivity contribution in [3.63, 3.8) is 0 Å². The molecule has 2 aliphatic carbocycles. The van der Waals surface area contributed by atoms with Crippen LogP contribution >= 0.6 is 0 Å². The van der Waals surface area contributed by atoms with Crippen LogP contribution in [0, 0.1) is 41.2 Å². The molecule has 168 valence electrons. The average Bonchev–Trinajstić information content (AvgIpc) is 2.96. The molecule has 3 aliphatic rings. The lowest BCUT2D eigenvalue weighted by Gasteiger charge is -2.45. The monoisotopic (exact) mass is 436 g/mol. The lowest BCUT2D eigenvalue weighted by Crippen LogP contribution is -2.54. The zero-order chi connectivity index (χ0) is 22.4. The number of hydrogen-bond acceptors (Lipinski definition) is 6. The number of aliphatic hydroxyl groups excluding tert-OH is 2. The van der Waals surface area contributed by atoms with Crippen LogP contribution in [0.4, 0.5) is 14.5 Å². The zero-order valence-electron chi connectivity index (χ0n) is 17.4. The van der Waals surface area contributed by atoms with Crippen LogP contribution in [0.3, 0.4) is 0 Å². The highest BCUT2D eigenvalue weighted by Gasteiger charge is 2.60. The quantitative estimate of drug-likeness (QED) is 0.557. The summed E-state index contributed by atoms with van der Waals surface area (Å²) in [6, 6.07) is 2.67. The minimum atomic E-state index is -1.23. The summed E-state index contributed by atoms with van der Waals surface area (Å²) in [5.41, 5.74) is 0.260. The number of rotatable bonds is 4. The third-order valence-corrected chi connectivity index (χ3v) is 6.52. The van der Waals surface area contributed by atoms with Crippen LogP contribution in [-0.2, 0) is 14.4 Å². The summed E-state index contributed by atoms with van der Waals surface area (Å²) in [6.45, 7) is 4.33. The summed E-state index contributed by atoms with van der Waals surface area (Å²) in [5.74, 6) is -5.52. The van der Waals surface area contributed by atoms with Crippen molar-refractivity contribution in [3.8, 4) is 0 Å². The van der Waals surface area contributed by atoms with Gasteiger partial charge in [0, 0.05) is 24.3 Å². The predicted octanol–water partition coefficient (Wildman–Crippen LogP) is 2.25. The number of carbonyl (C=O) groups is 2. The fourth-order valence-electron chi connectivity index (χ4n) is 5.14. The molecular formula is C22H26F2N2O5. The molecule has 1 aliphatic heterocycles. The van der Waals surface area contributed by atoms with Crippen LogP contribution in [0.2, 0.25) is 0 Å². The van der Waals surface area contributed by atoms with Gasteiger partial charge in [0.05, 0.1) is 35.4 Å². The van der Waals surface area contributed by atoms with Gasteiger partial charge in [-0.1, -0.05) is 19.0 Å². The van der Waals surface area contributed by atoms with Gasteiger partial charge in [-0.05, 0) is 30.9 Å². The Balaban J connectivity index is 1.67. The van der Waals surface area contributed by atoms with E-state index in [1.807, 2.05) is 13.8 Å². The van der Waals surface area contributed by atoms with Gasteiger partial charge >= 0.3 is 0 Å². The van der Waals surface area contributed by atoms with E-state index >= 15 is 0 Å². The van der Waals surface area contributed by atoms with Gasteiger partial charge in [-0.2, -0.15) is 0 Å². The van der Waals surface area contributed by atoms with Gasteiger partial charge in [-0.15, -0.1) is 0 Å². The molecule has 6 atom stereocenters. The van der Waals surface area contributed by atoms with Crippen LogP contribution in [0.15, 0.2) is 23.4 Å². The number of halogens is 2. The average molecular weight is 436 g/mol. The second-order valence-electron chi connectivity index (χ2n) is 9.04. The maximum absolute atomic E-state index is 14.4. The van der Waals surface area contributed by atoms with Crippen molar-refractivity contribution in [2.45, 2.75) is 45.3 Å². The van der Waals surface area contributed by atoms with E-state index in [9.17, 15) is 28.6 Å². The number of carbonyl (C=O) groups excluding carboxylic acids is 2. The molecule has 1 aromatic rings. The molecule has 4 rings (SSSR count). The lowest BCUT2D eigenvalue weighted by atomic mass is 9.60. The minimum Gasteiger partial charge on any atom is -0.396 e. The highest BCUT2D eigenvalue weighted by molar-refractivity contribution is 6.22. The highest BCUT2D eigenvalue weighted by Crippen LogP contribution is 2.50. The molecule has 0 bridgehead atoms. The first-order chi connectivity index (χ1) is 14.7. The lowest BCUT2D eigenvalue weighted by molar-refractivity contribution is -0.132. The van der Waals surface area contributed by atoms with E-state index in [-0.39, 0.29) is 23.9 Å². The van der Waals surface area contributed by atoms with E-state index in [0.717, 1.165) is 17.0 Å². The van der Waals surface area contributed by atoms with E-state index < -0.39 is 53.4 Å². The van der Waals surface area contributed by atoms with E-state index in [0.29, 0.717) is 31.2 Å². The summed E-state index contributed by atoms with van der Waals surface area (Å²) in [5, 5.41) is 25.4. The Morgan fingerprint density at radius 1 is 1.16 bits per heavy atom. The van der Waals surface area contributed by atoms with Gasteiger partial charge in [0.2, 0.25) is 11.8 Å². The number of aliphatic hydroxyl groups is 2.